The van der Waals surface area contributed by atoms with Crippen molar-refractivity contribution in [1.29, 1.82) is 0 Å². The van der Waals surface area contributed by atoms with E-state index in [4.69, 9.17) is 11.6 Å². The summed E-state index contributed by atoms with van der Waals surface area (Å²) in [5.41, 5.74) is 3.22. The van der Waals surface area contributed by atoms with Crippen LogP contribution in [-0.4, -0.2) is 5.11 Å². The van der Waals surface area contributed by atoms with E-state index < -0.39 is 6.10 Å². The van der Waals surface area contributed by atoms with E-state index in [1.54, 1.807) is 0 Å². The van der Waals surface area contributed by atoms with Gasteiger partial charge in [0.2, 0.25) is 0 Å². The number of aliphatic hydroxyl groups is 1. The summed E-state index contributed by atoms with van der Waals surface area (Å²) < 4.78 is 0. The number of benzene rings is 1. The fraction of sp³-hybridized carbons (Fsp3) is 0.231. The topological polar surface area (TPSA) is 20.2 Å². The second kappa shape index (κ2) is 4.58. The van der Waals surface area contributed by atoms with Gasteiger partial charge in [0.1, 0.15) is 6.10 Å². The summed E-state index contributed by atoms with van der Waals surface area (Å²) in [6.45, 7) is 4.05. The van der Waals surface area contributed by atoms with E-state index in [0.29, 0.717) is 5.02 Å². The molecule has 0 saturated heterocycles. The average molecular weight is 253 g/mol. The fourth-order valence-corrected chi connectivity index (χ4v) is 2.94. The molecule has 0 aliphatic rings. The van der Waals surface area contributed by atoms with Crippen LogP contribution in [0.3, 0.4) is 0 Å². The molecule has 1 N–H and O–H groups in total. The van der Waals surface area contributed by atoms with E-state index >= 15 is 0 Å². The minimum Gasteiger partial charge on any atom is -0.383 e. The second-order valence-electron chi connectivity index (χ2n) is 3.90. The molecule has 1 aromatic carbocycles. The molecule has 0 fully saturated rings. The molecule has 0 spiro atoms. The van der Waals surface area contributed by atoms with Gasteiger partial charge < -0.3 is 5.11 Å². The van der Waals surface area contributed by atoms with Gasteiger partial charge in [0.25, 0.3) is 0 Å². The number of halogens is 1. The predicted octanol–water partition coefficient (Wildman–Crippen LogP) is 4.10. The largest absolute Gasteiger partial charge is 0.383 e. The summed E-state index contributed by atoms with van der Waals surface area (Å²) in [5, 5.41) is 12.8. The molecule has 2 aromatic rings. The molecule has 2 rings (SSSR count). The Balaban J connectivity index is 2.41. The summed E-state index contributed by atoms with van der Waals surface area (Å²) in [6, 6.07) is 7.85. The Labute approximate surface area is 104 Å². The zero-order chi connectivity index (χ0) is 11.7. The van der Waals surface area contributed by atoms with Crippen LogP contribution in [0.25, 0.3) is 0 Å². The molecule has 0 saturated carbocycles. The van der Waals surface area contributed by atoms with Crippen molar-refractivity contribution in [3.05, 3.63) is 56.2 Å². The quantitative estimate of drug-likeness (QED) is 0.853. The number of aryl methyl sites for hydroxylation is 2. The van der Waals surface area contributed by atoms with Crippen molar-refractivity contribution in [2.24, 2.45) is 0 Å². The van der Waals surface area contributed by atoms with Gasteiger partial charge in [0, 0.05) is 0 Å². The van der Waals surface area contributed by atoms with Crippen LogP contribution in [0.2, 0.25) is 5.02 Å². The second-order valence-corrected chi connectivity index (χ2v) is 5.25. The number of aliphatic hydroxyl groups excluding tert-OH is 1. The van der Waals surface area contributed by atoms with Crippen molar-refractivity contribution >= 4 is 22.9 Å². The first kappa shape index (κ1) is 11.6. The van der Waals surface area contributed by atoms with Gasteiger partial charge in [0.15, 0.2) is 0 Å². The molecular weight excluding hydrogens is 240 g/mol. The summed E-state index contributed by atoms with van der Waals surface area (Å²) >= 11 is 7.50. The third-order valence-corrected chi connectivity index (χ3v) is 4.02. The molecule has 16 heavy (non-hydrogen) atoms. The minimum atomic E-state index is -0.618. The molecule has 1 aromatic heterocycles. The molecule has 1 atom stereocenters. The van der Waals surface area contributed by atoms with Crippen LogP contribution in [0.1, 0.15) is 27.7 Å². The highest BCUT2D eigenvalue weighted by atomic mass is 35.5. The molecule has 1 unspecified atom stereocenters. The summed E-state index contributed by atoms with van der Waals surface area (Å²) in [7, 11) is 0. The average Bonchev–Trinajstić information content (AvgIpc) is 2.63. The Bertz CT molecular complexity index is 504. The lowest BCUT2D eigenvalue weighted by Gasteiger charge is -2.13. The molecule has 0 bridgehead atoms. The molecular formula is C13H13ClOS. The first-order valence-corrected chi connectivity index (χ1v) is 6.33. The third-order valence-electron chi connectivity index (χ3n) is 2.61. The van der Waals surface area contributed by atoms with Gasteiger partial charge >= 0.3 is 0 Å². The van der Waals surface area contributed by atoms with E-state index in [1.165, 1.54) is 16.9 Å². The van der Waals surface area contributed by atoms with E-state index in [2.05, 4.69) is 6.07 Å². The standard InChI is InChI=1S/C13H13ClOS/c1-8-3-4-10(9(2)7-8)12(15)13-11(14)5-6-16-13/h3-7,12,15H,1-2H3. The van der Waals surface area contributed by atoms with Gasteiger partial charge in [-0.15, -0.1) is 11.3 Å². The van der Waals surface area contributed by atoms with E-state index in [0.717, 1.165) is 16.0 Å². The highest BCUT2D eigenvalue weighted by molar-refractivity contribution is 7.10. The molecule has 0 radical (unpaired) electrons. The van der Waals surface area contributed by atoms with Crippen molar-refractivity contribution in [1.82, 2.24) is 0 Å². The van der Waals surface area contributed by atoms with Gasteiger partial charge in [-0.1, -0.05) is 35.4 Å². The summed E-state index contributed by atoms with van der Waals surface area (Å²) in [4.78, 5) is 0.814. The van der Waals surface area contributed by atoms with Crippen LogP contribution in [-0.2, 0) is 0 Å². The summed E-state index contributed by atoms with van der Waals surface area (Å²) in [5.74, 6) is 0. The van der Waals surface area contributed by atoms with Crippen LogP contribution in [0.4, 0.5) is 0 Å². The minimum absolute atomic E-state index is 0.618. The van der Waals surface area contributed by atoms with Gasteiger partial charge in [0.05, 0.1) is 9.90 Å². The fourth-order valence-electron chi connectivity index (χ4n) is 1.77. The first-order valence-electron chi connectivity index (χ1n) is 5.07. The molecule has 0 aliphatic heterocycles. The first-order chi connectivity index (χ1) is 7.59. The lowest BCUT2D eigenvalue weighted by atomic mass is 10.0. The van der Waals surface area contributed by atoms with Crippen molar-refractivity contribution in [3.63, 3.8) is 0 Å². The molecule has 3 heteroatoms. The molecule has 0 aliphatic carbocycles. The normalized spacial score (nSPS) is 12.8. The molecule has 84 valence electrons. The summed E-state index contributed by atoms with van der Waals surface area (Å²) in [6.07, 6.45) is -0.618. The predicted molar refractivity (Wildman–Crippen MR) is 69.3 cm³/mol. The van der Waals surface area contributed by atoms with Gasteiger partial charge in [-0.25, -0.2) is 0 Å². The van der Waals surface area contributed by atoms with Crippen LogP contribution in [0, 0.1) is 13.8 Å². The van der Waals surface area contributed by atoms with Crippen LogP contribution in [0.5, 0.6) is 0 Å². The lowest BCUT2D eigenvalue weighted by molar-refractivity contribution is 0.223. The lowest BCUT2D eigenvalue weighted by Crippen LogP contribution is -2.00. The highest BCUT2D eigenvalue weighted by Gasteiger charge is 2.16. The van der Waals surface area contributed by atoms with Crippen molar-refractivity contribution < 1.29 is 5.11 Å². The molecule has 1 heterocycles. The highest BCUT2D eigenvalue weighted by Crippen LogP contribution is 2.34. The van der Waals surface area contributed by atoms with Gasteiger partial charge in [-0.3, -0.25) is 0 Å². The van der Waals surface area contributed by atoms with Crippen LogP contribution >= 0.6 is 22.9 Å². The van der Waals surface area contributed by atoms with Crippen molar-refractivity contribution in [2.75, 3.05) is 0 Å². The zero-order valence-corrected chi connectivity index (χ0v) is 10.8. The number of rotatable bonds is 2. The Morgan fingerprint density at radius 1 is 1.25 bits per heavy atom. The van der Waals surface area contributed by atoms with Crippen molar-refractivity contribution in [2.45, 2.75) is 20.0 Å². The monoisotopic (exact) mass is 252 g/mol. The maximum Gasteiger partial charge on any atom is 0.115 e. The maximum absolute atomic E-state index is 10.3. The maximum atomic E-state index is 10.3. The number of thiophene rings is 1. The Kier molecular flexibility index (Phi) is 3.33. The zero-order valence-electron chi connectivity index (χ0n) is 9.20. The van der Waals surface area contributed by atoms with E-state index in [-0.39, 0.29) is 0 Å². The van der Waals surface area contributed by atoms with E-state index in [1.807, 2.05) is 37.4 Å². The Hall–Kier alpha value is -0.830. The van der Waals surface area contributed by atoms with Gasteiger partial charge in [-0.05, 0) is 36.4 Å². The Morgan fingerprint density at radius 3 is 2.56 bits per heavy atom. The third kappa shape index (κ3) is 2.14. The molecule has 0 amide bonds. The van der Waals surface area contributed by atoms with Crippen molar-refractivity contribution in [3.8, 4) is 0 Å². The van der Waals surface area contributed by atoms with Gasteiger partial charge in [-0.2, -0.15) is 0 Å². The van der Waals surface area contributed by atoms with E-state index in [9.17, 15) is 5.11 Å². The smallest absolute Gasteiger partial charge is 0.115 e. The van der Waals surface area contributed by atoms with Crippen LogP contribution in [0.15, 0.2) is 29.6 Å². The number of hydrogen-bond donors (Lipinski definition) is 1. The molecule has 1 nitrogen and oxygen atoms in total. The Morgan fingerprint density at radius 2 is 2.00 bits per heavy atom. The SMILES string of the molecule is Cc1ccc(C(O)c2sccc2Cl)c(C)c1. The van der Waals surface area contributed by atoms with Crippen LogP contribution < -0.4 is 0 Å². The number of hydrogen-bond acceptors (Lipinski definition) is 2.